The van der Waals surface area contributed by atoms with Gasteiger partial charge in [-0.15, -0.1) is 0 Å². The maximum atomic E-state index is 14.1. The van der Waals surface area contributed by atoms with Crippen LogP contribution in [0, 0.1) is 0 Å². The lowest BCUT2D eigenvalue weighted by atomic mass is 9.93. The molecule has 0 fully saturated rings. The largest absolute Gasteiger partial charge is 0.455 e. The number of fused-ring (bicyclic) bond motifs is 1. The molecule has 0 saturated heterocycles. The number of aliphatic hydroxyl groups is 1. The van der Waals surface area contributed by atoms with Crippen molar-refractivity contribution >= 4 is 28.4 Å². The predicted molar refractivity (Wildman–Crippen MR) is 138 cm³/mol. The van der Waals surface area contributed by atoms with E-state index in [0.717, 1.165) is 6.07 Å². The van der Waals surface area contributed by atoms with Crippen molar-refractivity contribution in [1.82, 2.24) is 0 Å². The first-order valence-corrected chi connectivity index (χ1v) is 11.8. The molecule has 7 heteroatoms. The van der Waals surface area contributed by atoms with E-state index < -0.39 is 11.7 Å². The summed E-state index contributed by atoms with van der Waals surface area (Å²) in [6.45, 7) is 1.15. The minimum absolute atomic E-state index is 0.0295. The van der Waals surface area contributed by atoms with Gasteiger partial charge in [0, 0.05) is 38.2 Å². The molecule has 1 heterocycles. The van der Waals surface area contributed by atoms with Crippen LogP contribution in [0.2, 0.25) is 5.02 Å². The number of ketones is 1. The van der Waals surface area contributed by atoms with Gasteiger partial charge in [-0.05, 0) is 42.3 Å². The molecule has 37 heavy (non-hydrogen) atoms. The summed E-state index contributed by atoms with van der Waals surface area (Å²) in [4.78, 5) is 11.8. The van der Waals surface area contributed by atoms with Crippen LogP contribution in [0.25, 0.3) is 44.5 Å². The highest BCUT2D eigenvalue weighted by Gasteiger charge is 2.35. The Balaban J connectivity index is 1.91. The van der Waals surface area contributed by atoms with E-state index in [2.05, 4.69) is 0 Å². The van der Waals surface area contributed by atoms with Gasteiger partial charge >= 0.3 is 6.18 Å². The Morgan fingerprint density at radius 3 is 2.16 bits per heavy atom. The average molecular weight is 521 g/mol. The number of alkyl halides is 3. The van der Waals surface area contributed by atoms with E-state index in [4.69, 9.17) is 16.0 Å². The molecule has 0 aliphatic rings. The molecule has 0 aliphatic carbocycles. The fourth-order valence-electron chi connectivity index (χ4n) is 4.51. The molecule has 5 aromatic rings. The zero-order valence-electron chi connectivity index (χ0n) is 19.6. The number of benzene rings is 4. The first-order valence-electron chi connectivity index (χ1n) is 11.4. The molecule has 0 spiro atoms. The highest BCUT2D eigenvalue weighted by atomic mass is 35.5. The quantitative estimate of drug-likeness (QED) is 0.235. The van der Waals surface area contributed by atoms with Gasteiger partial charge in [-0.3, -0.25) is 4.79 Å². The first-order chi connectivity index (χ1) is 17.7. The lowest BCUT2D eigenvalue weighted by molar-refractivity contribution is -0.137. The lowest BCUT2D eigenvalue weighted by Gasteiger charge is -2.12. The van der Waals surface area contributed by atoms with Gasteiger partial charge in [-0.1, -0.05) is 72.3 Å². The Hall–Kier alpha value is -3.87. The van der Waals surface area contributed by atoms with Crippen LogP contribution in [0.1, 0.15) is 28.4 Å². The summed E-state index contributed by atoms with van der Waals surface area (Å²) >= 11 is 6.48. The second kappa shape index (κ2) is 9.54. The Morgan fingerprint density at radius 2 is 1.54 bits per heavy atom. The first kappa shape index (κ1) is 24.8. The summed E-state index contributed by atoms with van der Waals surface area (Å²) < 4.78 is 48.4. The van der Waals surface area contributed by atoms with Gasteiger partial charge in [0.2, 0.25) is 0 Å². The second-order valence-corrected chi connectivity index (χ2v) is 9.05. The van der Waals surface area contributed by atoms with Crippen molar-refractivity contribution in [3.8, 4) is 33.6 Å². The summed E-state index contributed by atoms with van der Waals surface area (Å²) in [5, 5.41) is 11.0. The number of hydrogen-bond acceptors (Lipinski definition) is 3. The summed E-state index contributed by atoms with van der Waals surface area (Å²) in [5.74, 6) is -0.100. The smallest absolute Gasteiger partial charge is 0.417 e. The summed E-state index contributed by atoms with van der Waals surface area (Å²) in [5.41, 5.74) is 2.55. The number of hydrogen-bond donors (Lipinski definition) is 1. The maximum absolute atomic E-state index is 14.1. The number of carbonyl (C=O) groups excluding carboxylic acids is 1. The number of furan rings is 1. The third-order valence-electron chi connectivity index (χ3n) is 6.25. The van der Waals surface area contributed by atoms with Crippen molar-refractivity contribution in [2.24, 2.45) is 0 Å². The molecule has 5 rings (SSSR count). The normalized spacial score (nSPS) is 11.7. The van der Waals surface area contributed by atoms with Gasteiger partial charge in [-0.25, -0.2) is 0 Å². The lowest BCUT2D eigenvalue weighted by Crippen LogP contribution is -2.06. The van der Waals surface area contributed by atoms with Crippen molar-refractivity contribution in [2.75, 3.05) is 0 Å². The van der Waals surface area contributed by atoms with Crippen molar-refractivity contribution < 1.29 is 27.5 Å². The predicted octanol–water partition coefficient (Wildman–Crippen LogP) is 8.80. The van der Waals surface area contributed by atoms with Crippen molar-refractivity contribution in [2.45, 2.75) is 19.7 Å². The number of aliphatic hydroxyl groups excluding tert-OH is 1. The van der Waals surface area contributed by atoms with Crippen molar-refractivity contribution in [3.05, 3.63) is 107 Å². The maximum Gasteiger partial charge on any atom is 0.417 e. The van der Waals surface area contributed by atoms with Gasteiger partial charge < -0.3 is 9.52 Å². The molecule has 0 saturated carbocycles. The molecule has 0 atom stereocenters. The molecule has 0 bridgehead atoms. The molecule has 0 unspecified atom stereocenters. The Kier molecular flexibility index (Phi) is 6.40. The molecule has 1 N–H and O–H groups in total. The van der Waals surface area contributed by atoms with Crippen molar-refractivity contribution in [1.29, 1.82) is 0 Å². The molecule has 4 aromatic carbocycles. The van der Waals surface area contributed by atoms with E-state index in [1.54, 1.807) is 60.7 Å². The second-order valence-electron chi connectivity index (χ2n) is 8.64. The van der Waals surface area contributed by atoms with Gasteiger partial charge in [0.05, 0.1) is 12.2 Å². The average Bonchev–Trinajstić information content (AvgIpc) is 3.27. The van der Waals surface area contributed by atoms with E-state index in [1.165, 1.54) is 25.1 Å². The van der Waals surface area contributed by atoms with E-state index in [-0.39, 0.29) is 23.7 Å². The highest BCUT2D eigenvalue weighted by molar-refractivity contribution is 6.33. The van der Waals surface area contributed by atoms with E-state index in [9.17, 15) is 23.1 Å². The topological polar surface area (TPSA) is 50.4 Å². The molecule has 3 nitrogen and oxygen atoms in total. The number of Topliss-reactive ketones (excluding diaryl/α,β-unsaturated/α-hetero) is 1. The van der Waals surface area contributed by atoms with E-state index in [0.29, 0.717) is 49.4 Å². The Labute approximate surface area is 215 Å². The fraction of sp³-hybridized carbons (Fsp3) is 0.100. The van der Waals surface area contributed by atoms with Crippen LogP contribution in [-0.2, 0) is 12.8 Å². The van der Waals surface area contributed by atoms with Crippen molar-refractivity contribution in [3.63, 3.8) is 0 Å². The van der Waals surface area contributed by atoms with Crippen LogP contribution in [0.3, 0.4) is 0 Å². The molecule has 0 radical (unpaired) electrons. The van der Waals surface area contributed by atoms with E-state index >= 15 is 0 Å². The molecular weight excluding hydrogens is 501 g/mol. The Morgan fingerprint density at radius 1 is 0.892 bits per heavy atom. The zero-order chi connectivity index (χ0) is 26.3. The third kappa shape index (κ3) is 4.54. The summed E-state index contributed by atoms with van der Waals surface area (Å²) in [7, 11) is 0. The zero-order valence-corrected chi connectivity index (χ0v) is 20.3. The number of carbonyl (C=O) groups is 1. The molecular formula is C30H20ClF3O3. The minimum atomic E-state index is -4.62. The van der Waals surface area contributed by atoms with Crippen LogP contribution < -0.4 is 0 Å². The standard InChI is InChI=1S/C30H20ClF3O3/c1-17(36)19-10-12-20(13-11-19)27-24-15-18(16-35)14-23(21-6-3-5-9-26(21)31)28(24)37-29(27)22-7-2-4-8-25(22)30(32,33)34/h2-15,35H,16H2,1H3. The van der Waals surface area contributed by atoms with Crippen LogP contribution in [0.5, 0.6) is 0 Å². The highest BCUT2D eigenvalue weighted by Crippen LogP contribution is 2.48. The number of rotatable bonds is 5. The molecule has 186 valence electrons. The number of halogens is 4. The summed E-state index contributed by atoms with van der Waals surface area (Å²) in [6, 6.07) is 22.3. The third-order valence-corrected chi connectivity index (χ3v) is 6.58. The van der Waals surface area contributed by atoms with Gasteiger partial charge in [0.1, 0.15) is 11.3 Å². The monoisotopic (exact) mass is 520 g/mol. The van der Waals surface area contributed by atoms with E-state index in [1.807, 2.05) is 0 Å². The van der Waals surface area contributed by atoms with Gasteiger partial charge in [0.15, 0.2) is 5.78 Å². The van der Waals surface area contributed by atoms with Gasteiger partial charge in [0.25, 0.3) is 0 Å². The molecule has 0 amide bonds. The van der Waals surface area contributed by atoms with Crippen LogP contribution in [-0.4, -0.2) is 10.9 Å². The Bertz CT molecular complexity index is 1630. The van der Waals surface area contributed by atoms with Gasteiger partial charge in [-0.2, -0.15) is 13.2 Å². The minimum Gasteiger partial charge on any atom is -0.455 e. The van der Waals surface area contributed by atoms with Crippen LogP contribution in [0.15, 0.2) is 89.3 Å². The van der Waals surface area contributed by atoms with Crippen LogP contribution in [0.4, 0.5) is 13.2 Å². The molecule has 0 aliphatic heterocycles. The fourth-order valence-corrected chi connectivity index (χ4v) is 4.74. The SMILES string of the molecule is CC(=O)c1ccc(-c2c(-c3ccccc3C(F)(F)F)oc3c(-c4ccccc4Cl)cc(CO)cc23)cc1. The summed E-state index contributed by atoms with van der Waals surface area (Å²) in [6.07, 6.45) is -4.62. The molecule has 1 aromatic heterocycles. The van der Waals surface area contributed by atoms with Crippen LogP contribution >= 0.6 is 11.6 Å².